The van der Waals surface area contributed by atoms with Crippen molar-refractivity contribution in [1.29, 1.82) is 0 Å². The van der Waals surface area contributed by atoms with Crippen molar-refractivity contribution in [1.82, 2.24) is 20.4 Å². The number of rotatable bonds is 13. The van der Waals surface area contributed by atoms with Gasteiger partial charge in [0, 0.05) is 30.2 Å². The van der Waals surface area contributed by atoms with E-state index in [-0.39, 0.29) is 41.4 Å². The van der Waals surface area contributed by atoms with Crippen LogP contribution in [0.1, 0.15) is 89.4 Å². The van der Waals surface area contributed by atoms with Crippen molar-refractivity contribution in [2.75, 3.05) is 50.0 Å². The van der Waals surface area contributed by atoms with Crippen molar-refractivity contribution in [2.45, 2.75) is 96.4 Å². The molecule has 3 aromatic rings. The number of nitrogens with one attached hydrogen (secondary N) is 4. The predicted octanol–water partition coefficient (Wildman–Crippen LogP) is 6.67. The molecule has 5 atom stereocenters. The predicted molar refractivity (Wildman–Crippen MR) is 238 cm³/mol. The summed E-state index contributed by atoms with van der Waals surface area (Å²) in [6, 6.07) is 21.4. The molecule has 6 rings (SSSR count). The quantitative estimate of drug-likeness (QED) is 0.135. The number of hydrogen-bond donors (Lipinski definition) is 4. The van der Waals surface area contributed by atoms with Crippen LogP contribution in [0.5, 0.6) is 5.75 Å². The Kier molecular flexibility index (Phi) is 15.0. The number of nitrogens with zero attached hydrogens (tertiary/aromatic N) is 3. The number of allylic oxidation sites excluding steroid dienone is 1. The Morgan fingerprint density at radius 1 is 0.635 bits per heavy atom. The molecule has 336 valence electrons. The highest BCUT2D eigenvalue weighted by Crippen LogP contribution is 2.47. The van der Waals surface area contributed by atoms with Crippen molar-refractivity contribution in [3.63, 3.8) is 0 Å². The average Bonchev–Trinajstić information content (AvgIpc) is 4.08. The number of anilines is 3. The van der Waals surface area contributed by atoms with Crippen molar-refractivity contribution in [3.05, 3.63) is 95.2 Å². The Balaban J connectivity index is 1.15. The lowest BCUT2D eigenvalue weighted by atomic mass is 10.0. The van der Waals surface area contributed by atoms with Crippen LogP contribution in [0.15, 0.2) is 84.1 Å². The molecule has 3 saturated heterocycles. The van der Waals surface area contributed by atoms with E-state index in [0.29, 0.717) is 55.7 Å². The molecule has 4 N–H and O–H groups in total. The Bertz CT molecular complexity index is 2170. The Labute approximate surface area is 368 Å². The maximum atomic E-state index is 13.6. The van der Waals surface area contributed by atoms with Gasteiger partial charge in [-0.15, -0.1) is 0 Å². The van der Waals surface area contributed by atoms with E-state index in [1.54, 1.807) is 25.9 Å². The van der Waals surface area contributed by atoms with Gasteiger partial charge in [-0.2, -0.15) is 0 Å². The summed E-state index contributed by atoms with van der Waals surface area (Å²) in [5, 5.41) is 11.1. The van der Waals surface area contributed by atoms with E-state index in [4.69, 9.17) is 14.2 Å². The fourth-order valence-electron chi connectivity index (χ4n) is 8.76. The largest absolute Gasteiger partial charge is 0.497 e. The van der Waals surface area contributed by atoms with Crippen molar-refractivity contribution in [3.8, 4) is 5.75 Å². The number of ether oxygens (including phenoxy) is 3. The molecule has 3 fully saturated rings. The fourth-order valence-corrected chi connectivity index (χ4v) is 8.76. The zero-order valence-corrected chi connectivity index (χ0v) is 37.1. The van der Waals surface area contributed by atoms with Gasteiger partial charge in [0.2, 0.25) is 17.7 Å². The number of carbonyl (C=O) groups excluding carboxylic acids is 6. The van der Waals surface area contributed by atoms with Crippen LogP contribution in [-0.4, -0.2) is 98.2 Å². The van der Waals surface area contributed by atoms with E-state index in [0.717, 1.165) is 35.4 Å². The highest BCUT2D eigenvalue weighted by Gasteiger charge is 2.40. The lowest BCUT2D eigenvalue weighted by molar-refractivity contribution is -0.139. The molecule has 3 heterocycles. The summed E-state index contributed by atoms with van der Waals surface area (Å²) in [5.74, 6) is -0.793. The summed E-state index contributed by atoms with van der Waals surface area (Å²) >= 11 is 0. The SMILES string of the molecule is COC(=O)NC(C(=O)N1CCC[C@H]1C(=O)Nc1ccc([C@@H]2CC[C@@H](c3ccc(NC(=O)C4CCCN4C(=O)[C@@H](NC(=O)OC)C(C)C)cc3)N2c2ccc(OC)cc2)cc1)=C(C)C. The van der Waals surface area contributed by atoms with E-state index < -0.39 is 36.2 Å². The van der Waals surface area contributed by atoms with Gasteiger partial charge in [-0.25, -0.2) is 9.59 Å². The minimum atomic E-state index is -0.819. The number of benzene rings is 3. The smallest absolute Gasteiger partial charge is 0.411 e. The third kappa shape index (κ3) is 10.6. The summed E-state index contributed by atoms with van der Waals surface area (Å²) < 4.78 is 14.9. The highest BCUT2D eigenvalue weighted by molar-refractivity contribution is 6.03. The number of likely N-dealkylation sites (tertiary alicyclic amines) is 2. The van der Waals surface area contributed by atoms with Crippen LogP contribution in [-0.2, 0) is 28.7 Å². The summed E-state index contributed by atoms with van der Waals surface area (Å²) in [4.78, 5) is 83.6. The van der Waals surface area contributed by atoms with Gasteiger partial charge < -0.3 is 44.9 Å². The van der Waals surface area contributed by atoms with Crippen LogP contribution >= 0.6 is 0 Å². The molecule has 0 aromatic heterocycles. The molecule has 0 radical (unpaired) electrons. The van der Waals surface area contributed by atoms with Gasteiger partial charge in [0.05, 0.1) is 33.4 Å². The summed E-state index contributed by atoms with van der Waals surface area (Å²) in [6.07, 6.45) is 2.57. The molecule has 0 spiro atoms. The second kappa shape index (κ2) is 20.5. The van der Waals surface area contributed by atoms with Crippen LogP contribution in [0.2, 0.25) is 0 Å². The normalized spacial score (nSPS) is 19.8. The molecule has 16 nitrogen and oxygen atoms in total. The second-order valence-corrected chi connectivity index (χ2v) is 16.6. The molecular formula is C47H59N7O9. The molecule has 0 bridgehead atoms. The molecule has 3 aliphatic rings. The molecule has 3 aromatic carbocycles. The van der Waals surface area contributed by atoms with E-state index in [9.17, 15) is 28.8 Å². The van der Waals surface area contributed by atoms with E-state index in [2.05, 4.69) is 26.2 Å². The van der Waals surface area contributed by atoms with Gasteiger partial charge in [0.25, 0.3) is 5.91 Å². The number of hydrogen-bond acceptors (Lipinski definition) is 10. The number of carbonyl (C=O) groups is 6. The lowest BCUT2D eigenvalue weighted by Gasteiger charge is -2.33. The monoisotopic (exact) mass is 865 g/mol. The van der Waals surface area contributed by atoms with Gasteiger partial charge >= 0.3 is 12.2 Å². The standard InChI is InChI=1S/C47H59N7O9/c1-28(2)40(50-46(59)62-6)44(57)52-26-8-10-38(52)42(55)48-32-16-12-30(13-17-32)36-24-25-37(54(36)34-20-22-35(61-5)23-21-34)31-14-18-33(19-15-31)49-43(56)39-11-9-27-53(39)45(58)41(29(3)4)51-47(60)63-7/h12-23,28,36-40H,8-11,24-27H2,1-7H3,(H,48,55)(H,49,56)(H,50,59)(H,51,60)/t36-,37-,38?,39-,40-/m0/s1. The van der Waals surface area contributed by atoms with E-state index >= 15 is 0 Å². The molecule has 6 amide bonds. The first-order chi connectivity index (χ1) is 30.2. The Morgan fingerprint density at radius 3 is 1.59 bits per heavy atom. The molecule has 1 unspecified atom stereocenters. The number of amides is 6. The molecule has 16 heteroatoms. The molecule has 3 aliphatic heterocycles. The second-order valence-electron chi connectivity index (χ2n) is 16.6. The number of methoxy groups -OCH3 is 3. The minimum absolute atomic E-state index is 0.00370. The Hall–Kier alpha value is -6.58. The van der Waals surface area contributed by atoms with Crippen LogP contribution in [0, 0.1) is 5.92 Å². The van der Waals surface area contributed by atoms with Crippen LogP contribution in [0.4, 0.5) is 26.7 Å². The molecular weight excluding hydrogens is 807 g/mol. The highest BCUT2D eigenvalue weighted by atomic mass is 16.5. The third-order valence-corrected chi connectivity index (χ3v) is 12.1. The van der Waals surface area contributed by atoms with Gasteiger partial charge in [-0.3, -0.25) is 24.5 Å². The topological polar surface area (TPSA) is 188 Å². The zero-order chi connectivity index (χ0) is 45.4. The van der Waals surface area contributed by atoms with Crippen molar-refractivity contribution >= 4 is 52.9 Å². The third-order valence-electron chi connectivity index (χ3n) is 12.1. The minimum Gasteiger partial charge on any atom is -0.497 e. The van der Waals surface area contributed by atoms with Gasteiger partial charge in [-0.1, -0.05) is 38.1 Å². The summed E-state index contributed by atoms with van der Waals surface area (Å²) in [6.45, 7) is 7.90. The van der Waals surface area contributed by atoms with Crippen LogP contribution < -0.4 is 30.9 Å². The molecule has 0 saturated carbocycles. The number of alkyl carbamates (subject to hydrolysis) is 2. The van der Waals surface area contributed by atoms with Gasteiger partial charge in [0.1, 0.15) is 29.6 Å². The van der Waals surface area contributed by atoms with Crippen LogP contribution in [0.3, 0.4) is 0 Å². The van der Waals surface area contributed by atoms with Gasteiger partial charge in [0.15, 0.2) is 0 Å². The summed E-state index contributed by atoms with van der Waals surface area (Å²) in [7, 11) is 4.10. The molecule has 0 aliphatic carbocycles. The molecule has 63 heavy (non-hydrogen) atoms. The van der Waals surface area contributed by atoms with Gasteiger partial charge in [-0.05, 0) is 124 Å². The maximum Gasteiger partial charge on any atom is 0.411 e. The fraction of sp³-hybridized carbons (Fsp3) is 0.447. The Morgan fingerprint density at radius 2 is 1.13 bits per heavy atom. The van der Waals surface area contributed by atoms with E-state index in [1.165, 1.54) is 19.1 Å². The van der Waals surface area contributed by atoms with Crippen molar-refractivity contribution < 1.29 is 43.0 Å². The first-order valence-electron chi connectivity index (χ1n) is 21.5. The van der Waals surface area contributed by atoms with Crippen LogP contribution in [0.25, 0.3) is 0 Å². The summed E-state index contributed by atoms with van der Waals surface area (Å²) in [5.41, 5.74) is 5.04. The lowest BCUT2D eigenvalue weighted by Crippen LogP contribution is -2.54. The first kappa shape index (κ1) is 45.9. The van der Waals surface area contributed by atoms with E-state index in [1.807, 2.05) is 86.6 Å². The van der Waals surface area contributed by atoms with Crippen molar-refractivity contribution in [2.24, 2.45) is 5.92 Å². The first-order valence-corrected chi connectivity index (χ1v) is 21.5. The average molecular weight is 866 g/mol. The zero-order valence-electron chi connectivity index (χ0n) is 37.1. The maximum absolute atomic E-state index is 13.6.